The van der Waals surface area contributed by atoms with E-state index in [1.54, 1.807) is 4.80 Å². The summed E-state index contributed by atoms with van der Waals surface area (Å²) in [5.74, 6) is 0. The van der Waals surface area contributed by atoms with Gasteiger partial charge < -0.3 is 9.64 Å². The van der Waals surface area contributed by atoms with Crippen molar-refractivity contribution in [1.82, 2.24) is 15.0 Å². The Hall–Kier alpha value is -2.66. The third kappa shape index (κ3) is 2.96. The number of ether oxygens (including phenoxy) is 1. The van der Waals surface area contributed by atoms with Crippen LogP contribution >= 0.6 is 0 Å². The Balaban J connectivity index is 1.58. The Morgan fingerprint density at radius 1 is 1.00 bits per heavy atom. The maximum atomic E-state index is 5.68. The van der Waals surface area contributed by atoms with Crippen molar-refractivity contribution in [3.63, 3.8) is 0 Å². The van der Waals surface area contributed by atoms with Crippen LogP contribution < -0.4 is 4.90 Å². The zero-order chi connectivity index (χ0) is 15.5. The second-order valence-corrected chi connectivity index (χ2v) is 5.56. The third-order valence-corrected chi connectivity index (χ3v) is 3.97. The van der Waals surface area contributed by atoms with Crippen LogP contribution in [0, 0.1) is 0 Å². The number of benzene rings is 2. The highest BCUT2D eigenvalue weighted by molar-refractivity contribution is 5.54. The molecule has 5 heteroatoms. The molecule has 0 radical (unpaired) electrons. The van der Waals surface area contributed by atoms with E-state index in [2.05, 4.69) is 39.4 Å². The first-order valence-corrected chi connectivity index (χ1v) is 7.77. The molecule has 116 valence electrons. The lowest BCUT2D eigenvalue weighted by atomic mass is 10.1. The largest absolute Gasteiger partial charge is 0.375 e. The van der Waals surface area contributed by atoms with E-state index in [1.807, 2.05) is 36.5 Å². The van der Waals surface area contributed by atoms with E-state index in [0.717, 1.165) is 31.1 Å². The minimum absolute atomic E-state index is 0.670. The summed E-state index contributed by atoms with van der Waals surface area (Å²) in [6.07, 6.45) is 1.83. The fourth-order valence-electron chi connectivity index (χ4n) is 2.83. The molecule has 3 aromatic rings. The summed E-state index contributed by atoms with van der Waals surface area (Å²) in [6, 6.07) is 18.3. The van der Waals surface area contributed by atoms with Crippen LogP contribution in [0.3, 0.4) is 0 Å². The number of fused-ring (bicyclic) bond motifs is 1. The molecule has 0 fully saturated rings. The monoisotopic (exact) mass is 306 g/mol. The second kappa shape index (κ2) is 6.22. The van der Waals surface area contributed by atoms with Gasteiger partial charge in [0, 0.05) is 17.8 Å². The minimum Gasteiger partial charge on any atom is -0.375 e. The highest BCUT2D eigenvalue weighted by Crippen LogP contribution is 2.24. The first-order valence-electron chi connectivity index (χ1n) is 7.77. The van der Waals surface area contributed by atoms with Crippen molar-refractivity contribution in [3.05, 3.63) is 72.1 Å². The van der Waals surface area contributed by atoms with Crippen LogP contribution in [0.15, 0.2) is 60.8 Å². The number of hydrogen-bond donors (Lipinski definition) is 0. The van der Waals surface area contributed by atoms with Gasteiger partial charge in [-0.3, -0.25) is 0 Å². The molecular weight excluding hydrogens is 288 g/mol. The maximum absolute atomic E-state index is 5.68. The standard InChI is InChI=1S/C18H18N4O/c1-2-7-17(8-3-1)22-19-12-16(20-22)13-21-10-11-23-14-15-6-4-5-9-18(15)21/h1-9,12H,10-11,13-14H2. The maximum Gasteiger partial charge on any atom is 0.102 e. The number of aromatic nitrogens is 3. The van der Waals surface area contributed by atoms with Crippen LogP contribution in [0.5, 0.6) is 0 Å². The van der Waals surface area contributed by atoms with Gasteiger partial charge in [0.15, 0.2) is 0 Å². The molecule has 1 aliphatic heterocycles. The van der Waals surface area contributed by atoms with E-state index < -0.39 is 0 Å². The van der Waals surface area contributed by atoms with Crippen LogP contribution in [0.1, 0.15) is 11.3 Å². The third-order valence-electron chi connectivity index (χ3n) is 3.97. The van der Waals surface area contributed by atoms with Crippen LogP contribution in [-0.2, 0) is 17.9 Å². The first kappa shape index (κ1) is 14.0. The molecule has 2 aromatic carbocycles. The van der Waals surface area contributed by atoms with Gasteiger partial charge in [-0.1, -0.05) is 36.4 Å². The van der Waals surface area contributed by atoms with Crippen LogP contribution in [0.4, 0.5) is 5.69 Å². The fourth-order valence-corrected chi connectivity index (χ4v) is 2.83. The van der Waals surface area contributed by atoms with Gasteiger partial charge in [0.05, 0.1) is 31.6 Å². The molecule has 0 saturated carbocycles. The predicted octanol–water partition coefficient (Wildman–Crippen LogP) is 2.80. The summed E-state index contributed by atoms with van der Waals surface area (Å²) in [7, 11) is 0. The van der Waals surface area contributed by atoms with E-state index in [4.69, 9.17) is 4.74 Å². The van der Waals surface area contributed by atoms with Gasteiger partial charge in [-0.05, 0) is 18.2 Å². The van der Waals surface area contributed by atoms with Gasteiger partial charge in [0.2, 0.25) is 0 Å². The molecule has 0 bridgehead atoms. The molecule has 0 N–H and O–H groups in total. The summed E-state index contributed by atoms with van der Waals surface area (Å²) in [6.45, 7) is 2.98. The number of rotatable bonds is 3. The zero-order valence-corrected chi connectivity index (χ0v) is 12.8. The van der Waals surface area contributed by atoms with Gasteiger partial charge in [0.25, 0.3) is 0 Å². The molecule has 1 aromatic heterocycles. The summed E-state index contributed by atoms with van der Waals surface area (Å²) < 4.78 is 5.68. The molecule has 2 heterocycles. The van der Waals surface area contributed by atoms with Crippen molar-refractivity contribution in [2.75, 3.05) is 18.1 Å². The van der Waals surface area contributed by atoms with Crippen molar-refractivity contribution < 1.29 is 4.74 Å². The lowest BCUT2D eigenvalue weighted by molar-refractivity contribution is 0.132. The first-order chi connectivity index (χ1) is 11.4. The Bertz CT molecular complexity index is 784. The van der Waals surface area contributed by atoms with E-state index >= 15 is 0 Å². The van der Waals surface area contributed by atoms with Crippen LogP contribution in [-0.4, -0.2) is 28.1 Å². The van der Waals surface area contributed by atoms with Gasteiger partial charge in [-0.15, -0.1) is 0 Å². The summed E-state index contributed by atoms with van der Waals surface area (Å²) in [5, 5.41) is 8.98. The molecule has 0 atom stereocenters. The lowest BCUT2D eigenvalue weighted by Crippen LogP contribution is -2.25. The topological polar surface area (TPSA) is 43.2 Å². The highest BCUT2D eigenvalue weighted by Gasteiger charge is 2.16. The van der Waals surface area contributed by atoms with Crippen LogP contribution in [0.2, 0.25) is 0 Å². The quantitative estimate of drug-likeness (QED) is 0.746. The average molecular weight is 306 g/mol. The van der Waals surface area contributed by atoms with Crippen molar-refractivity contribution in [2.45, 2.75) is 13.2 Å². The predicted molar refractivity (Wildman–Crippen MR) is 88.5 cm³/mol. The smallest absolute Gasteiger partial charge is 0.102 e. The molecule has 0 saturated heterocycles. The molecule has 5 nitrogen and oxygen atoms in total. The molecule has 23 heavy (non-hydrogen) atoms. The van der Waals surface area contributed by atoms with Crippen LogP contribution in [0.25, 0.3) is 5.69 Å². The van der Waals surface area contributed by atoms with Gasteiger partial charge in [-0.25, -0.2) is 0 Å². The Labute approximate surface area is 135 Å². The van der Waals surface area contributed by atoms with E-state index in [0.29, 0.717) is 6.61 Å². The number of hydrogen-bond acceptors (Lipinski definition) is 4. The summed E-state index contributed by atoms with van der Waals surface area (Å²) in [5.41, 5.74) is 4.36. The van der Waals surface area contributed by atoms with Gasteiger partial charge >= 0.3 is 0 Å². The van der Waals surface area contributed by atoms with Crippen molar-refractivity contribution >= 4 is 5.69 Å². The molecule has 0 aliphatic carbocycles. The van der Waals surface area contributed by atoms with Gasteiger partial charge in [0.1, 0.15) is 5.69 Å². The van der Waals surface area contributed by atoms with Gasteiger partial charge in [-0.2, -0.15) is 15.0 Å². The Morgan fingerprint density at radius 3 is 2.74 bits per heavy atom. The average Bonchev–Trinajstić information content (AvgIpc) is 2.98. The lowest BCUT2D eigenvalue weighted by Gasteiger charge is -2.22. The normalized spacial score (nSPS) is 14.3. The van der Waals surface area contributed by atoms with Crippen molar-refractivity contribution in [3.8, 4) is 5.69 Å². The van der Waals surface area contributed by atoms with E-state index in [-0.39, 0.29) is 0 Å². The number of anilines is 1. The van der Waals surface area contributed by atoms with Crippen molar-refractivity contribution in [1.29, 1.82) is 0 Å². The molecule has 0 spiro atoms. The highest BCUT2D eigenvalue weighted by atomic mass is 16.5. The summed E-state index contributed by atoms with van der Waals surface area (Å²) in [4.78, 5) is 3.98. The molecule has 0 amide bonds. The molecule has 0 unspecified atom stereocenters. The molecule has 4 rings (SSSR count). The number of nitrogens with zero attached hydrogens (tertiary/aromatic N) is 4. The molecule has 1 aliphatic rings. The SMILES string of the molecule is c1ccc(-n2ncc(CN3CCOCc4ccccc43)n2)cc1. The second-order valence-electron chi connectivity index (χ2n) is 5.56. The number of para-hydroxylation sites is 2. The fraction of sp³-hybridized carbons (Fsp3) is 0.222. The zero-order valence-electron chi connectivity index (χ0n) is 12.8. The Morgan fingerprint density at radius 2 is 1.83 bits per heavy atom. The van der Waals surface area contributed by atoms with Crippen molar-refractivity contribution in [2.24, 2.45) is 0 Å². The molecular formula is C18H18N4O. The Kier molecular flexibility index (Phi) is 3.78. The minimum atomic E-state index is 0.670. The van der Waals surface area contributed by atoms with E-state index in [9.17, 15) is 0 Å². The van der Waals surface area contributed by atoms with E-state index in [1.165, 1.54) is 11.3 Å². The summed E-state index contributed by atoms with van der Waals surface area (Å²) >= 11 is 0.